The summed E-state index contributed by atoms with van der Waals surface area (Å²) in [6.45, 7) is 6.94. The van der Waals surface area contributed by atoms with Gasteiger partial charge in [0, 0.05) is 17.7 Å². The average Bonchev–Trinajstić information content (AvgIpc) is 3.90. The highest BCUT2D eigenvalue weighted by atomic mass is 15.2. The van der Waals surface area contributed by atoms with Crippen molar-refractivity contribution in [3.8, 4) is 22.3 Å². The smallest absolute Gasteiger partial charge is 0.0803 e. The van der Waals surface area contributed by atoms with Crippen molar-refractivity contribution >= 4 is 34.7 Å². The molecule has 0 amide bonds. The number of rotatable bonds is 4. The number of aryl methyl sites for hydroxylation is 2. The van der Waals surface area contributed by atoms with Gasteiger partial charge in [0.15, 0.2) is 0 Å². The molecule has 1 nitrogen and oxygen atoms in total. The van der Waals surface area contributed by atoms with Crippen molar-refractivity contribution in [2.24, 2.45) is 5.41 Å². The first-order valence-electron chi connectivity index (χ1n) is 19.2. The van der Waals surface area contributed by atoms with Crippen molar-refractivity contribution in [3.05, 3.63) is 225 Å². The van der Waals surface area contributed by atoms with E-state index in [9.17, 15) is 0 Å². The lowest BCUT2D eigenvalue weighted by molar-refractivity contribution is 0.675. The molecule has 1 heteroatoms. The molecule has 5 aliphatic rings. The Kier molecular flexibility index (Phi) is 6.64. The summed E-state index contributed by atoms with van der Waals surface area (Å²) in [5, 5.41) is 0. The first-order chi connectivity index (χ1) is 26.5. The monoisotopic (exact) mass is 689 g/mol. The van der Waals surface area contributed by atoms with Crippen LogP contribution in [0.15, 0.2) is 175 Å². The van der Waals surface area contributed by atoms with Crippen LogP contribution in [0, 0.1) is 26.2 Å². The van der Waals surface area contributed by atoms with E-state index in [4.69, 9.17) is 0 Å². The number of benzene rings is 6. The van der Waals surface area contributed by atoms with E-state index in [0.717, 1.165) is 6.42 Å². The molecule has 54 heavy (non-hydrogen) atoms. The lowest BCUT2D eigenvalue weighted by Crippen LogP contribution is -2.38. The number of fused-ring (bicyclic) bond motifs is 11. The largest absolute Gasteiger partial charge is 0.311 e. The summed E-state index contributed by atoms with van der Waals surface area (Å²) in [5.41, 5.74) is 25.5. The molecule has 5 aliphatic carbocycles. The summed E-state index contributed by atoms with van der Waals surface area (Å²) in [4.78, 5) is 2.71. The molecule has 0 saturated carbocycles. The molecule has 0 aliphatic heterocycles. The Bertz CT molecular complexity index is 2790. The van der Waals surface area contributed by atoms with Gasteiger partial charge in [0.05, 0.1) is 16.8 Å². The van der Waals surface area contributed by atoms with Gasteiger partial charge in [-0.25, -0.2) is 0 Å². The van der Waals surface area contributed by atoms with E-state index in [1.165, 1.54) is 112 Å². The maximum atomic E-state index is 2.71. The Labute approximate surface area is 318 Å². The number of allylic oxidation sites excluding steroid dienone is 7. The molecule has 0 bridgehead atoms. The van der Waals surface area contributed by atoms with E-state index in [2.05, 4.69) is 196 Å². The molecular formula is C53H39N. The molecule has 1 unspecified atom stereocenters. The van der Waals surface area contributed by atoms with Gasteiger partial charge in [-0.05, 0) is 128 Å². The van der Waals surface area contributed by atoms with Gasteiger partial charge in [0.1, 0.15) is 0 Å². The summed E-state index contributed by atoms with van der Waals surface area (Å²) in [6, 6.07) is 47.1. The maximum absolute atomic E-state index is 2.71. The fraction of sp³-hybridized carbons (Fsp3) is 0.0943. The highest BCUT2D eigenvalue weighted by Crippen LogP contribution is 2.64. The molecule has 1 atom stereocenters. The minimum absolute atomic E-state index is 0.572. The van der Waals surface area contributed by atoms with Crippen molar-refractivity contribution in [3.63, 3.8) is 0 Å². The van der Waals surface area contributed by atoms with E-state index in [-0.39, 0.29) is 0 Å². The van der Waals surface area contributed by atoms with Crippen LogP contribution < -0.4 is 4.90 Å². The van der Waals surface area contributed by atoms with Crippen LogP contribution in [0.5, 0.6) is 0 Å². The zero-order valence-corrected chi connectivity index (χ0v) is 30.8. The molecule has 0 radical (unpaired) electrons. The van der Waals surface area contributed by atoms with Crippen molar-refractivity contribution in [2.45, 2.75) is 27.2 Å². The third-order valence-electron chi connectivity index (χ3n) is 12.6. The molecule has 6 aromatic rings. The van der Waals surface area contributed by atoms with Crippen LogP contribution in [0.2, 0.25) is 0 Å². The van der Waals surface area contributed by atoms with Gasteiger partial charge in [-0.3, -0.25) is 0 Å². The van der Waals surface area contributed by atoms with Gasteiger partial charge in [0.2, 0.25) is 0 Å². The number of nitrogens with zero attached hydrogens (tertiary/aromatic N) is 1. The van der Waals surface area contributed by atoms with Crippen LogP contribution in [-0.2, 0) is 6.42 Å². The number of hydrogen-bond acceptors (Lipinski definition) is 1. The fourth-order valence-corrected chi connectivity index (χ4v) is 9.99. The van der Waals surface area contributed by atoms with Gasteiger partial charge >= 0.3 is 0 Å². The van der Waals surface area contributed by atoms with Gasteiger partial charge in [-0.2, -0.15) is 0 Å². The molecule has 0 fully saturated rings. The highest BCUT2D eigenvalue weighted by Gasteiger charge is 2.51. The lowest BCUT2D eigenvalue weighted by Gasteiger charge is -2.47. The normalized spacial score (nSPS) is 18.0. The zero-order valence-electron chi connectivity index (χ0n) is 30.8. The van der Waals surface area contributed by atoms with Crippen LogP contribution in [0.3, 0.4) is 0 Å². The third-order valence-corrected chi connectivity index (χ3v) is 12.6. The van der Waals surface area contributed by atoms with E-state index < -0.39 is 5.41 Å². The molecule has 0 heterocycles. The Hall–Kier alpha value is -6.44. The highest BCUT2D eigenvalue weighted by molar-refractivity contribution is 6.07. The first-order valence-corrected chi connectivity index (χ1v) is 19.2. The molecule has 0 N–H and O–H groups in total. The zero-order chi connectivity index (χ0) is 36.1. The Morgan fingerprint density at radius 3 is 1.89 bits per heavy atom. The molecule has 11 rings (SSSR count). The summed E-state index contributed by atoms with van der Waals surface area (Å²) in [6.07, 6.45) is 17.9. The van der Waals surface area contributed by atoms with E-state index >= 15 is 0 Å². The third kappa shape index (κ3) is 4.21. The second-order valence-corrected chi connectivity index (χ2v) is 15.4. The van der Waals surface area contributed by atoms with Crippen molar-refractivity contribution in [1.82, 2.24) is 0 Å². The minimum Gasteiger partial charge on any atom is -0.311 e. The molecule has 1 spiro atoms. The van der Waals surface area contributed by atoms with Crippen LogP contribution in [0.1, 0.15) is 50.1 Å². The van der Waals surface area contributed by atoms with Crippen LogP contribution in [-0.4, -0.2) is 0 Å². The fourth-order valence-electron chi connectivity index (χ4n) is 9.99. The van der Waals surface area contributed by atoms with Gasteiger partial charge in [0.25, 0.3) is 0 Å². The molecule has 0 saturated heterocycles. The summed E-state index contributed by atoms with van der Waals surface area (Å²) in [5.74, 6) is 0. The Balaban J connectivity index is 1.27. The number of para-hydroxylation sites is 1. The van der Waals surface area contributed by atoms with E-state index in [1.807, 2.05) is 0 Å². The SMILES string of the molecule is Cc1cc2c(c(N(C3=CC=C4C(=Cc5ccccc54)C34C=CC=C3C4=Cc4ccccc43)c3c(C)cccc3-c3ccccc3)c1C)Cc1ccccc1-2. The van der Waals surface area contributed by atoms with Crippen LogP contribution >= 0.6 is 0 Å². The average molecular weight is 690 g/mol. The van der Waals surface area contributed by atoms with Gasteiger partial charge < -0.3 is 4.90 Å². The van der Waals surface area contributed by atoms with Crippen molar-refractivity contribution < 1.29 is 0 Å². The number of anilines is 2. The van der Waals surface area contributed by atoms with Crippen molar-refractivity contribution in [1.29, 1.82) is 0 Å². The Morgan fingerprint density at radius 1 is 0.519 bits per heavy atom. The number of hydrogen-bond donors (Lipinski definition) is 0. The molecule has 0 aromatic heterocycles. The maximum Gasteiger partial charge on any atom is 0.0803 e. The summed E-state index contributed by atoms with van der Waals surface area (Å²) < 4.78 is 0. The first kappa shape index (κ1) is 31.1. The van der Waals surface area contributed by atoms with E-state index in [1.54, 1.807) is 0 Å². The minimum atomic E-state index is -0.572. The Morgan fingerprint density at radius 2 is 1.15 bits per heavy atom. The molecular weight excluding hydrogens is 651 g/mol. The summed E-state index contributed by atoms with van der Waals surface area (Å²) in [7, 11) is 0. The topological polar surface area (TPSA) is 3.24 Å². The van der Waals surface area contributed by atoms with E-state index in [0.29, 0.717) is 0 Å². The van der Waals surface area contributed by atoms with Crippen LogP contribution in [0.25, 0.3) is 45.6 Å². The lowest BCUT2D eigenvalue weighted by atomic mass is 9.63. The second-order valence-electron chi connectivity index (χ2n) is 15.4. The van der Waals surface area contributed by atoms with Crippen molar-refractivity contribution in [2.75, 3.05) is 4.90 Å². The predicted octanol–water partition coefficient (Wildman–Crippen LogP) is 13.4. The van der Waals surface area contributed by atoms with Crippen LogP contribution in [0.4, 0.5) is 11.4 Å². The molecule has 6 aromatic carbocycles. The quantitative estimate of drug-likeness (QED) is 0.178. The summed E-state index contributed by atoms with van der Waals surface area (Å²) >= 11 is 0. The predicted molar refractivity (Wildman–Crippen MR) is 227 cm³/mol. The standard InChI is InChI=1S/C53H39N/c1-33-15-13-24-43(36-16-5-4-6-17-36)51(33)54(52-35(3)34(2)29-46-42-23-12-7-18-37(42)30-47(46)52)50-27-26-45-41-22-11-9-20-39(41)32-49(45)53(50)28-14-25-44-40-21-10-8-19-38(40)31-48(44)53/h4-29,31-32H,30H2,1-3H3. The molecule has 256 valence electrons. The van der Waals surface area contributed by atoms with Gasteiger partial charge in [-0.15, -0.1) is 0 Å². The van der Waals surface area contributed by atoms with Gasteiger partial charge in [-0.1, -0.05) is 152 Å². The second kappa shape index (κ2) is 11.5.